The second kappa shape index (κ2) is 8.45. The average Bonchev–Trinajstić information content (AvgIpc) is 3.47. The number of hydrogen-bond donors (Lipinski definition) is 0. The zero-order valence-electron chi connectivity index (χ0n) is 22.6. The van der Waals surface area contributed by atoms with Crippen LogP contribution in [0.1, 0.15) is 25.0 Å². The number of fused-ring (bicyclic) bond motifs is 7. The molecule has 0 N–H and O–H groups in total. The van der Waals surface area contributed by atoms with E-state index in [2.05, 4.69) is 173 Å². The van der Waals surface area contributed by atoms with E-state index in [-0.39, 0.29) is 5.41 Å². The minimum absolute atomic E-state index is 0.0728. The maximum atomic E-state index is 2.39. The third-order valence-corrected chi connectivity index (χ3v) is 8.43. The van der Waals surface area contributed by atoms with E-state index in [1.807, 2.05) is 0 Å². The summed E-state index contributed by atoms with van der Waals surface area (Å²) < 4.78 is 9.00. The van der Waals surface area contributed by atoms with Gasteiger partial charge in [-0.2, -0.15) is 0 Å². The molecule has 8 rings (SSSR count). The molecule has 0 spiro atoms. The number of benzene rings is 5. The summed E-state index contributed by atoms with van der Waals surface area (Å²) in [7, 11) is 0. The van der Waals surface area contributed by atoms with Gasteiger partial charge in [0.05, 0.1) is 0 Å². The van der Waals surface area contributed by atoms with Crippen LogP contribution < -0.4 is 13.8 Å². The highest BCUT2D eigenvalue weighted by Gasteiger charge is 2.39. The van der Waals surface area contributed by atoms with Crippen LogP contribution in [0.4, 0.5) is 0 Å². The Bertz CT molecular complexity index is 2010. The predicted molar refractivity (Wildman–Crippen MR) is 158 cm³/mol. The van der Waals surface area contributed by atoms with Crippen molar-refractivity contribution in [1.29, 1.82) is 0 Å². The van der Waals surface area contributed by atoms with Crippen LogP contribution in [0.25, 0.3) is 44.3 Å². The molecule has 0 aliphatic heterocycles. The molecule has 0 atom stereocenters. The lowest BCUT2D eigenvalue weighted by Crippen LogP contribution is -2.58. The fourth-order valence-electron chi connectivity index (χ4n) is 6.51. The number of para-hydroxylation sites is 3. The van der Waals surface area contributed by atoms with Gasteiger partial charge in [-0.1, -0.05) is 105 Å². The van der Waals surface area contributed by atoms with Crippen LogP contribution in [0.15, 0.2) is 140 Å². The molecule has 2 aromatic heterocycles. The van der Waals surface area contributed by atoms with Crippen LogP contribution >= 0.6 is 0 Å². The Morgan fingerprint density at radius 2 is 1.12 bits per heavy atom. The lowest BCUT2D eigenvalue weighted by molar-refractivity contribution is -0.901. The Morgan fingerprint density at radius 3 is 1.82 bits per heavy atom. The fraction of sp³-hybridized carbons (Fsp3) is 0.0833. The van der Waals surface area contributed by atoms with Crippen LogP contribution in [0, 0.1) is 0 Å². The van der Waals surface area contributed by atoms with Crippen LogP contribution in [0.5, 0.6) is 0 Å². The smallest absolute Gasteiger partial charge is 0.104 e. The molecule has 0 fully saturated rings. The van der Waals surface area contributed by atoms with Gasteiger partial charge in [-0.15, -0.1) is 4.68 Å². The molecule has 4 heteroatoms. The van der Waals surface area contributed by atoms with E-state index in [1.54, 1.807) is 0 Å². The first-order valence-electron chi connectivity index (χ1n) is 13.8. The van der Waals surface area contributed by atoms with E-state index in [1.165, 1.54) is 44.1 Å². The minimum Gasteiger partial charge on any atom is -0.104 e. The Kier molecular flexibility index (Phi) is 4.83. The molecule has 0 amide bonds. The second-order valence-corrected chi connectivity index (χ2v) is 11.1. The summed E-state index contributed by atoms with van der Waals surface area (Å²) >= 11 is 0. The van der Waals surface area contributed by atoms with Crippen molar-refractivity contribution >= 4 is 21.8 Å². The van der Waals surface area contributed by atoms with Crippen molar-refractivity contribution in [3.8, 4) is 22.5 Å². The van der Waals surface area contributed by atoms with E-state index in [0.717, 1.165) is 11.4 Å². The summed E-state index contributed by atoms with van der Waals surface area (Å²) in [5.74, 6) is 0. The van der Waals surface area contributed by atoms with Gasteiger partial charge in [0.15, 0.2) is 0 Å². The highest BCUT2D eigenvalue weighted by atomic mass is 15.5. The van der Waals surface area contributed by atoms with Crippen molar-refractivity contribution in [2.24, 2.45) is 0 Å². The zero-order valence-corrected chi connectivity index (χ0v) is 22.6. The Morgan fingerprint density at radius 1 is 0.525 bits per heavy atom. The van der Waals surface area contributed by atoms with E-state index in [0.29, 0.717) is 0 Å². The van der Waals surface area contributed by atoms with E-state index < -0.39 is 0 Å². The molecular formula is C36H29N4+3. The molecule has 7 aromatic rings. The molecule has 0 unspecified atom stereocenters. The Balaban J connectivity index is 1.52. The van der Waals surface area contributed by atoms with Crippen molar-refractivity contribution in [3.05, 3.63) is 151 Å². The number of nitrogens with zero attached hydrogens (tertiary/aromatic N) is 4. The largest absolute Gasteiger partial charge is 0.452 e. The van der Waals surface area contributed by atoms with Gasteiger partial charge in [0.2, 0.25) is 11.4 Å². The summed E-state index contributed by atoms with van der Waals surface area (Å²) in [4.78, 5) is 0. The standard InChI is InChI=1S/C36H29N4/c1-36(2)31-19-11-9-18-30(31)34-32(36)22-21-29-28-17-10-12-20-33(28)40(35(29)34)39-24-37(26-13-5-3-6-14-26)23-38(25-39)27-15-7-4-8-16-27/h3-25H,1-2H3/q+3. The first kappa shape index (κ1) is 22.9. The molecule has 0 radical (unpaired) electrons. The molecule has 0 saturated heterocycles. The first-order valence-corrected chi connectivity index (χ1v) is 13.8. The van der Waals surface area contributed by atoms with Gasteiger partial charge in [0.1, 0.15) is 11.0 Å². The third-order valence-electron chi connectivity index (χ3n) is 8.43. The maximum absolute atomic E-state index is 2.39. The average molecular weight is 518 g/mol. The lowest BCUT2D eigenvalue weighted by Gasteiger charge is -2.21. The van der Waals surface area contributed by atoms with Crippen LogP contribution in [0.3, 0.4) is 0 Å². The summed E-state index contributed by atoms with van der Waals surface area (Å²) in [6.45, 7) is 4.69. The van der Waals surface area contributed by atoms with Gasteiger partial charge < -0.3 is 0 Å². The molecule has 1 aliphatic rings. The number of rotatable bonds is 3. The Labute approximate surface area is 233 Å². The van der Waals surface area contributed by atoms with Crippen molar-refractivity contribution in [2.75, 3.05) is 0 Å². The van der Waals surface area contributed by atoms with Gasteiger partial charge in [0, 0.05) is 50.7 Å². The molecule has 5 aromatic carbocycles. The number of aromatic nitrogens is 4. The number of hydrogen-bond acceptors (Lipinski definition) is 0. The monoisotopic (exact) mass is 517 g/mol. The fourth-order valence-corrected chi connectivity index (χ4v) is 6.51. The molecule has 0 saturated carbocycles. The molecule has 190 valence electrons. The summed E-state index contributed by atoms with van der Waals surface area (Å²) in [6.07, 6.45) is 6.48. The van der Waals surface area contributed by atoms with E-state index in [9.17, 15) is 0 Å². The zero-order chi connectivity index (χ0) is 26.8. The van der Waals surface area contributed by atoms with Crippen molar-refractivity contribution < 1.29 is 13.8 Å². The molecule has 2 heterocycles. The molecule has 0 bridgehead atoms. The first-order chi connectivity index (χ1) is 19.6. The molecule has 4 nitrogen and oxygen atoms in total. The van der Waals surface area contributed by atoms with Crippen molar-refractivity contribution in [2.45, 2.75) is 19.3 Å². The van der Waals surface area contributed by atoms with Gasteiger partial charge in [-0.25, -0.2) is 0 Å². The molecule has 1 aliphatic carbocycles. The quantitative estimate of drug-likeness (QED) is 0.246. The Hall–Kier alpha value is -5.09. The summed E-state index contributed by atoms with van der Waals surface area (Å²) in [6, 6.07) is 43.3. The predicted octanol–water partition coefficient (Wildman–Crippen LogP) is 6.25. The van der Waals surface area contributed by atoms with Gasteiger partial charge in [0.25, 0.3) is 0 Å². The van der Waals surface area contributed by atoms with E-state index in [4.69, 9.17) is 0 Å². The van der Waals surface area contributed by atoms with Crippen molar-refractivity contribution in [3.63, 3.8) is 0 Å². The SMILES string of the molecule is CC1(C)c2ccccc2-c2c1ccc1c3ccccc3n(-[n+]3c[n+](-c4ccccc4)c[n+](-c4ccccc4)c3)c21. The van der Waals surface area contributed by atoms with Crippen LogP contribution in [-0.2, 0) is 5.41 Å². The van der Waals surface area contributed by atoms with Gasteiger partial charge in [-0.05, 0) is 31.9 Å². The molecular weight excluding hydrogens is 488 g/mol. The second-order valence-electron chi connectivity index (χ2n) is 11.1. The summed E-state index contributed by atoms with van der Waals surface area (Å²) in [5, 5.41) is 2.51. The van der Waals surface area contributed by atoms with Gasteiger partial charge >= 0.3 is 19.0 Å². The van der Waals surface area contributed by atoms with Gasteiger partial charge in [-0.3, -0.25) is 0 Å². The third kappa shape index (κ3) is 3.23. The van der Waals surface area contributed by atoms with E-state index >= 15 is 0 Å². The maximum Gasteiger partial charge on any atom is 0.452 e. The highest BCUT2D eigenvalue weighted by molar-refractivity contribution is 6.14. The topological polar surface area (TPSA) is 16.6 Å². The highest BCUT2D eigenvalue weighted by Crippen LogP contribution is 2.52. The minimum atomic E-state index is -0.0728. The normalized spacial score (nSPS) is 13.4. The molecule has 40 heavy (non-hydrogen) atoms. The summed E-state index contributed by atoms with van der Waals surface area (Å²) in [5.41, 5.74) is 9.91. The van der Waals surface area contributed by atoms with Crippen molar-refractivity contribution in [1.82, 2.24) is 4.68 Å². The lowest BCUT2D eigenvalue weighted by atomic mass is 9.82. The van der Waals surface area contributed by atoms with Crippen LogP contribution in [-0.4, -0.2) is 4.68 Å². The van der Waals surface area contributed by atoms with Crippen LogP contribution in [0.2, 0.25) is 0 Å².